The van der Waals surface area contributed by atoms with E-state index in [1.54, 1.807) is 0 Å². The molecule has 23 heavy (non-hydrogen) atoms. The summed E-state index contributed by atoms with van der Waals surface area (Å²) >= 11 is 0. The highest BCUT2D eigenvalue weighted by Crippen LogP contribution is 2.38. The Morgan fingerprint density at radius 1 is 1.22 bits per heavy atom. The standard InChI is InChI=1S/C19H29N3O/c1-3-21(4-2)18(14-8-6-5-7-9-14)19(23)22-12-15-10-11-17(20)16(15)13-22/h5-9,15-18H,3-4,10-13,20H2,1-2H3. The summed E-state index contributed by atoms with van der Waals surface area (Å²) in [6.45, 7) is 7.74. The average Bonchev–Trinajstić information content (AvgIpc) is 3.15. The molecule has 1 saturated heterocycles. The molecule has 0 spiro atoms. The van der Waals surface area contributed by atoms with Crippen molar-refractivity contribution in [2.45, 2.75) is 38.8 Å². The van der Waals surface area contributed by atoms with Gasteiger partial charge in [0.05, 0.1) is 0 Å². The van der Waals surface area contributed by atoms with Gasteiger partial charge in [0.25, 0.3) is 0 Å². The lowest BCUT2D eigenvalue weighted by Gasteiger charge is -2.32. The van der Waals surface area contributed by atoms with Crippen molar-refractivity contribution in [2.75, 3.05) is 26.2 Å². The molecule has 1 heterocycles. The van der Waals surface area contributed by atoms with Crippen molar-refractivity contribution >= 4 is 5.91 Å². The maximum absolute atomic E-state index is 13.3. The quantitative estimate of drug-likeness (QED) is 0.907. The van der Waals surface area contributed by atoms with E-state index < -0.39 is 0 Å². The zero-order valence-corrected chi connectivity index (χ0v) is 14.3. The summed E-state index contributed by atoms with van der Waals surface area (Å²) in [5, 5.41) is 0. The van der Waals surface area contributed by atoms with Gasteiger partial charge < -0.3 is 10.6 Å². The third-order valence-electron chi connectivity index (χ3n) is 5.75. The van der Waals surface area contributed by atoms with Crippen LogP contribution in [0.5, 0.6) is 0 Å². The molecule has 1 aromatic rings. The fourth-order valence-corrected chi connectivity index (χ4v) is 4.39. The van der Waals surface area contributed by atoms with Crippen LogP contribution >= 0.6 is 0 Å². The number of carbonyl (C=O) groups excluding carboxylic acids is 1. The average molecular weight is 315 g/mol. The van der Waals surface area contributed by atoms with Crippen molar-refractivity contribution in [3.05, 3.63) is 35.9 Å². The summed E-state index contributed by atoms with van der Waals surface area (Å²) in [7, 11) is 0. The molecular weight excluding hydrogens is 286 g/mol. The van der Waals surface area contributed by atoms with E-state index in [2.05, 4.69) is 35.8 Å². The SMILES string of the molecule is CCN(CC)C(C(=O)N1CC2CCC(N)C2C1)c1ccccc1. The van der Waals surface area contributed by atoms with E-state index in [9.17, 15) is 4.79 Å². The van der Waals surface area contributed by atoms with Crippen molar-refractivity contribution in [3.8, 4) is 0 Å². The molecule has 0 aromatic heterocycles. The second kappa shape index (κ2) is 7.02. The number of hydrogen-bond donors (Lipinski definition) is 1. The number of nitrogens with two attached hydrogens (primary N) is 1. The molecule has 1 aliphatic carbocycles. The normalized spacial score (nSPS) is 28.2. The lowest BCUT2D eigenvalue weighted by Crippen LogP contribution is -2.43. The van der Waals surface area contributed by atoms with Crippen molar-refractivity contribution in [1.82, 2.24) is 9.80 Å². The molecule has 1 aliphatic heterocycles. The number of likely N-dealkylation sites (N-methyl/N-ethyl adjacent to an activating group) is 1. The zero-order chi connectivity index (χ0) is 16.4. The van der Waals surface area contributed by atoms with Crippen molar-refractivity contribution in [1.29, 1.82) is 0 Å². The Hall–Kier alpha value is -1.39. The first-order valence-electron chi connectivity index (χ1n) is 8.99. The van der Waals surface area contributed by atoms with Crippen molar-refractivity contribution < 1.29 is 4.79 Å². The Morgan fingerprint density at radius 2 is 1.91 bits per heavy atom. The first-order valence-corrected chi connectivity index (χ1v) is 8.99. The molecule has 1 aromatic carbocycles. The third-order valence-corrected chi connectivity index (χ3v) is 5.75. The Labute approximate surface area is 139 Å². The molecule has 1 saturated carbocycles. The Balaban J connectivity index is 1.81. The van der Waals surface area contributed by atoms with Crippen LogP contribution in [0.1, 0.15) is 38.3 Å². The molecule has 2 fully saturated rings. The maximum Gasteiger partial charge on any atom is 0.244 e. The van der Waals surface area contributed by atoms with Crippen LogP contribution in [0.4, 0.5) is 0 Å². The summed E-state index contributed by atoms with van der Waals surface area (Å²) in [6.07, 6.45) is 2.30. The summed E-state index contributed by atoms with van der Waals surface area (Å²) in [5.41, 5.74) is 7.33. The molecule has 2 N–H and O–H groups in total. The number of fused-ring (bicyclic) bond motifs is 1. The summed E-state index contributed by atoms with van der Waals surface area (Å²) in [6, 6.07) is 10.3. The number of benzene rings is 1. The van der Waals surface area contributed by atoms with E-state index in [0.29, 0.717) is 11.8 Å². The summed E-state index contributed by atoms with van der Waals surface area (Å²) in [4.78, 5) is 17.6. The van der Waals surface area contributed by atoms with Crippen LogP contribution in [0.15, 0.2) is 30.3 Å². The van der Waals surface area contributed by atoms with Crippen molar-refractivity contribution in [3.63, 3.8) is 0 Å². The van der Waals surface area contributed by atoms with Gasteiger partial charge in [0.15, 0.2) is 0 Å². The predicted octanol–water partition coefficient (Wildman–Crippen LogP) is 2.27. The highest BCUT2D eigenvalue weighted by atomic mass is 16.2. The lowest BCUT2D eigenvalue weighted by molar-refractivity contribution is -0.136. The number of hydrogen-bond acceptors (Lipinski definition) is 3. The Kier molecular flexibility index (Phi) is 5.02. The fourth-order valence-electron chi connectivity index (χ4n) is 4.39. The molecule has 0 bridgehead atoms. The van der Waals surface area contributed by atoms with Gasteiger partial charge in [-0.05, 0) is 43.3 Å². The fraction of sp³-hybridized carbons (Fsp3) is 0.632. The van der Waals surface area contributed by atoms with Crippen LogP contribution in [0.2, 0.25) is 0 Å². The minimum Gasteiger partial charge on any atom is -0.340 e. The smallest absolute Gasteiger partial charge is 0.244 e. The second-order valence-electron chi connectivity index (χ2n) is 6.94. The molecule has 3 rings (SSSR count). The minimum absolute atomic E-state index is 0.166. The van der Waals surface area contributed by atoms with E-state index in [4.69, 9.17) is 5.73 Å². The predicted molar refractivity (Wildman–Crippen MR) is 92.9 cm³/mol. The van der Waals surface area contributed by atoms with Crippen LogP contribution in [-0.2, 0) is 4.79 Å². The van der Waals surface area contributed by atoms with Crippen LogP contribution in [-0.4, -0.2) is 47.9 Å². The number of nitrogens with zero attached hydrogens (tertiary/aromatic N) is 2. The van der Waals surface area contributed by atoms with Gasteiger partial charge in [-0.3, -0.25) is 9.69 Å². The minimum atomic E-state index is -0.166. The molecule has 1 amide bonds. The largest absolute Gasteiger partial charge is 0.340 e. The molecular formula is C19H29N3O. The monoisotopic (exact) mass is 315 g/mol. The molecule has 126 valence electrons. The zero-order valence-electron chi connectivity index (χ0n) is 14.3. The summed E-state index contributed by atoms with van der Waals surface area (Å²) in [5.74, 6) is 1.37. The molecule has 0 radical (unpaired) electrons. The molecule has 4 atom stereocenters. The molecule has 4 unspecified atom stereocenters. The highest BCUT2D eigenvalue weighted by Gasteiger charge is 2.44. The third kappa shape index (κ3) is 3.15. The van der Waals surface area contributed by atoms with Crippen LogP contribution in [0, 0.1) is 11.8 Å². The van der Waals surface area contributed by atoms with Crippen LogP contribution < -0.4 is 5.73 Å². The topological polar surface area (TPSA) is 49.6 Å². The molecule has 4 nitrogen and oxygen atoms in total. The van der Waals surface area contributed by atoms with Gasteiger partial charge in [-0.25, -0.2) is 0 Å². The van der Waals surface area contributed by atoms with Gasteiger partial charge >= 0.3 is 0 Å². The molecule has 2 aliphatic rings. The van der Waals surface area contributed by atoms with Gasteiger partial charge in [0, 0.05) is 19.1 Å². The van der Waals surface area contributed by atoms with E-state index >= 15 is 0 Å². The molecule has 4 heteroatoms. The number of amides is 1. The lowest BCUT2D eigenvalue weighted by atomic mass is 9.98. The van der Waals surface area contributed by atoms with E-state index in [-0.39, 0.29) is 18.0 Å². The second-order valence-corrected chi connectivity index (χ2v) is 6.94. The van der Waals surface area contributed by atoms with Crippen molar-refractivity contribution in [2.24, 2.45) is 17.6 Å². The highest BCUT2D eigenvalue weighted by molar-refractivity contribution is 5.83. The van der Waals surface area contributed by atoms with E-state index in [1.165, 1.54) is 6.42 Å². The van der Waals surface area contributed by atoms with E-state index in [1.807, 2.05) is 18.2 Å². The van der Waals surface area contributed by atoms with Gasteiger partial charge in [-0.2, -0.15) is 0 Å². The van der Waals surface area contributed by atoms with Gasteiger partial charge in [0.2, 0.25) is 5.91 Å². The number of likely N-dealkylation sites (tertiary alicyclic amines) is 1. The van der Waals surface area contributed by atoms with Gasteiger partial charge in [-0.1, -0.05) is 44.2 Å². The summed E-state index contributed by atoms with van der Waals surface area (Å²) < 4.78 is 0. The van der Waals surface area contributed by atoms with E-state index in [0.717, 1.165) is 38.2 Å². The Bertz CT molecular complexity index is 529. The Morgan fingerprint density at radius 3 is 2.52 bits per heavy atom. The first kappa shape index (κ1) is 16.5. The number of carbonyl (C=O) groups is 1. The van der Waals surface area contributed by atoms with Crippen LogP contribution in [0.25, 0.3) is 0 Å². The van der Waals surface area contributed by atoms with Gasteiger partial charge in [-0.15, -0.1) is 0 Å². The van der Waals surface area contributed by atoms with Crippen LogP contribution in [0.3, 0.4) is 0 Å². The first-order chi connectivity index (χ1) is 11.2. The maximum atomic E-state index is 13.3. The van der Waals surface area contributed by atoms with Gasteiger partial charge in [0.1, 0.15) is 6.04 Å². The number of rotatable bonds is 5.